The molecule has 2 aromatic carbocycles. The molecule has 5 nitrogen and oxygen atoms in total. The van der Waals surface area contributed by atoms with E-state index in [9.17, 15) is 14.7 Å². The van der Waals surface area contributed by atoms with Crippen molar-refractivity contribution in [3.8, 4) is 0 Å². The van der Waals surface area contributed by atoms with Gasteiger partial charge >= 0.3 is 5.97 Å². The SMILES string of the molecule is C[C@H]1CN(Cc2ccccc2)[C@@H](CC(=O)O)CN1C(=O)c1ccccc1. The number of carbonyl (C=O) groups excluding carboxylic acids is 1. The van der Waals surface area contributed by atoms with Crippen molar-refractivity contribution in [3.63, 3.8) is 0 Å². The van der Waals surface area contributed by atoms with Crippen LogP contribution in [0.5, 0.6) is 0 Å². The number of rotatable bonds is 5. The highest BCUT2D eigenvalue weighted by molar-refractivity contribution is 5.94. The van der Waals surface area contributed by atoms with Crippen LogP contribution in [0.4, 0.5) is 0 Å². The van der Waals surface area contributed by atoms with E-state index in [-0.39, 0.29) is 24.4 Å². The number of carbonyl (C=O) groups is 2. The van der Waals surface area contributed by atoms with E-state index < -0.39 is 5.97 Å². The highest BCUT2D eigenvalue weighted by Crippen LogP contribution is 2.22. The molecule has 5 heteroatoms. The number of carboxylic acid groups (broad SMARTS) is 1. The van der Waals surface area contributed by atoms with Gasteiger partial charge in [-0.3, -0.25) is 14.5 Å². The normalized spacial score (nSPS) is 20.7. The molecule has 0 bridgehead atoms. The summed E-state index contributed by atoms with van der Waals surface area (Å²) in [5.41, 5.74) is 1.79. The number of nitrogens with zero attached hydrogens (tertiary/aromatic N) is 2. The Hall–Kier alpha value is -2.66. The maximum absolute atomic E-state index is 12.9. The molecule has 2 aromatic rings. The van der Waals surface area contributed by atoms with Gasteiger partial charge in [0.25, 0.3) is 5.91 Å². The highest BCUT2D eigenvalue weighted by atomic mass is 16.4. The van der Waals surface area contributed by atoms with Gasteiger partial charge in [-0.05, 0) is 24.6 Å². The van der Waals surface area contributed by atoms with Crippen molar-refractivity contribution in [2.75, 3.05) is 13.1 Å². The second-order valence-corrected chi connectivity index (χ2v) is 6.84. The average molecular weight is 352 g/mol. The number of piperazine rings is 1. The number of amides is 1. The Morgan fingerprint density at radius 1 is 1.00 bits per heavy atom. The molecular weight excluding hydrogens is 328 g/mol. The van der Waals surface area contributed by atoms with Gasteiger partial charge in [0, 0.05) is 37.3 Å². The summed E-state index contributed by atoms with van der Waals surface area (Å²) in [5, 5.41) is 9.33. The van der Waals surface area contributed by atoms with E-state index in [0.29, 0.717) is 25.2 Å². The van der Waals surface area contributed by atoms with E-state index >= 15 is 0 Å². The van der Waals surface area contributed by atoms with E-state index in [1.54, 1.807) is 12.1 Å². The van der Waals surface area contributed by atoms with Crippen LogP contribution in [-0.4, -0.2) is 52.0 Å². The molecule has 0 saturated carbocycles. The summed E-state index contributed by atoms with van der Waals surface area (Å²) in [6.45, 7) is 3.80. The Bertz CT molecular complexity index is 748. The summed E-state index contributed by atoms with van der Waals surface area (Å²) in [6, 6.07) is 19.0. The molecule has 136 valence electrons. The highest BCUT2D eigenvalue weighted by Gasteiger charge is 2.35. The van der Waals surface area contributed by atoms with Gasteiger partial charge in [-0.15, -0.1) is 0 Å². The first-order valence-electron chi connectivity index (χ1n) is 8.90. The Balaban J connectivity index is 1.78. The molecule has 1 amide bonds. The Kier molecular flexibility index (Phi) is 5.68. The van der Waals surface area contributed by atoms with Crippen LogP contribution in [0.25, 0.3) is 0 Å². The molecular formula is C21H24N2O3. The fourth-order valence-corrected chi connectivity index (χ4v) is 3.55. The lowest BCUT2D eigenvalue weighted by atomic mass is 10.0. The minimum absolute atomic E-state index is 0.0245. The van der Waals surface area contributed by atoms with Crippen LogP contribution < -0.4 is 0 Å². The Morgan fingerprint density at radius 2 is 1.62 bits per heavy atom. The molecule has 1 N–H and O–H groups in total. The average Bonchev–Trinajstić information content (AvgIpc) is 2.64. The smallest absolute Gasteiger partial charge is 0.305 e. The second-order valence-electron chi connectivity index (χ2n) is 6.84. The maximum Gasteiger partial charge on any atom is 0.305 e. The van der Waals surface area contributed by atoms with Gasteiger partial charge < -0.3 is 10.0 Å². The zero-order valence-electron chi connectivity index (χ0n) is 14.9. The van der Waals surface area contributed by atoms with Crippen LogP contribution in [-0.2, 0) is 11.3 Å². The molecule has 0 unspecified atom stereocenters. The van der Waals surface area contributed by atoms with Crippen molar-refractivity contribution in [2.24, 2.45) is 0 Å². The standard InChI is InChI=1S/C21H24N2O3/c1-16-13-22(14-17-8-4-2-5-9-17)19(12-20(24)25)15-23(16)21(26)18-10-6-3-7-11-18/h2-11,16,19H,12-15H2,1H3,(H,24,25)/t16-,19-/m0/s1. The first kappa shape index (κ1) is 18.1. The fraction of sp³-hybridized carbons (Fsp3) is 0.333. The number of carboxylic acids is 1. The zero-order chi connectivity index (χ0) is 18.5. The quantitative estimate of drug-likeness (QED) is 0.899. The molecule has 3 rings (SSSR count). The van der Waals surface area contributed by atoms with E-state index in [4.69, 9.17) is 0 Å². The number of hydrogen-bond acceptors (Lipinski definition) is 3. The van der Waals surface area contributed by atoms with Gasteiger partial charge in [-0.1, -0.05) is 48.5 Å². The summed E-state index contributed by atoms with van der Waals surface area (Å²) in [5.74, 6) is -0.873. The van der Waals surface area contributed by atoms with Crippen LogP contribution >= 0.6 is 0 Å². The van der Waals surface area contributed by atoms with Crippen molar-refractivity contribution in [1.82, 2.24) is 9.80 Å². The lowest BCUT2D eigenvalue weighted by molar-refractivity contribution is -0.139. The third-order valence-corrected chi connectivity index (χ3v) is 4.87. The van der Waals surface area contributed by atoms with E-state index in [0.717, 1.165) is 5.56 Å². The van der Waals surface area contributed by atoms with E-state index in [1.807, 2.05) is 60.4 Å². The molecule has 0 aliphatic carbocycles. The predicted molar refractivity (Wildman–Crippen MR) is 99.8 cm³/mol. The van der Waals surface area contributed by atoms with Crippen LogP contribution in [0.3, 0.4) is 0 Å². The Labute approximate surface area is 153 Å². The summed E-state index contributed by atoms with van der Waals surface area (Å²) in [7, 11) is 0. The van der Waals surface area contributed by atoms with Gasteiger partial charge in [0.15, 0.2) is 0 Å². The summed E-state index contributed by atoms with van der Waals surface area (Å²) in [4.78, 5) is 28.2. The maximum atomic E-state index is 12.9. The van der Waals surface area contributed by atoms with Crippen molar-refractivity contribution >= 4 is 11.9 Å². The lowest BCUT2D eigenvalue weighted by Crippen LogP contribution is -2.59. The fourth-order valence-electron chi connectivity index (χ4n) is 3.55. The zero-order valence-corrected chi connectivity index (χ0v) is 14.9. The largest absolute Gasteiger partial charge is 0.481 e. The molecule has 26 heavy (non-hydrogen) atoms. The number of hydrogen-bond donors (Lipinski definition) is 1. The minimum Gasteiger partial charge on any atom is -0.481 e. The van der Waals surface area contributed by atoms with Gasteiger partial charge in [-0.2, -0.15) is 0 Å². The summed E-state index contributed by atoms with van der Waals surface area (Å²) >= 11 is 0. The van der Waals surface area contributed by atoms with Crippen molar-refractivity contribution in [2.45, 2.75) is 32.0 Å². The molecule has 2 atom stereocenters. The van der Waals surface area contributed by atoms with E-state index in [1.165, 1.54) is 0 Å². The Morgan fingerprint density at radius 3 is 2.23 bits per heavy atom. The summed E-state index contributed by atoms with van der Waals surface area (Å²) in [6.07, 6.45) is 0.0259. The van der Waals surface area contributed by atoms with Crippen molar-refractivity contribution in [3.05, 3.63) is 71.8 Å². The van der Waals surface area contributed by atoms with Gasteiger partial charge in [0.2, 0.25) is 0 Å². The van der Waals surface area contributed by atoms with Gasteiger partial charge in [-0.25, -0.2) is 0 Å². The predicted octanol–water partition coefficient (Wildman–Crippen LogP) is 2.88. The lowest BCUT2D eigenvalue weighted by Gasteiger charge is -2.45. The molecule has 1 aliphatic heterocycles. The van der Waals surface area contributed by atoms with Crippen LogP contribution in [0, 0.1) is 0 Å². The first-order valence-corrected chi connectivity index (χ1v) is 8.90. The minimum atomic E-state index is -0.838. The van der Waals surface area contributed by atoms with Gasteiger partial charge in [0.05, 0.1) is 6.42 Å². The monoisotopic (exact) mass is 352 g/mol. The van der Waals surface area contributed by atoms with Crippen LogP contribution in [0.2, 0.25) is 0 Å². The first-order chi connectivity index (χ1) is 12.5. The molecule has 1 heterocycles. The molecule has 0 spiro atoms. The molecule has 1 saturated heterocycles. The van der Waals surface area contributed by atoms with Crippen LogP contribution in [0.15, 0.2) is 60.7 Å². The summed E-state index contributed by atoms with van der Waals surface area (Å²) < 4.78 is 0. The van der Waals surface area contributed by atoms with E-state index in [2.05, 4.69) is 4.90 Å². The number of aliphatic carboxylic acids is 1. The molecule has 1 aliphatic rings. The number of benzene rings is 2. The third kappa shape index (κ3) is 4.29. The van der Waals surface area contributed by atoms with Crippen molar-refractivity contribution in [1.29, 1.82) is 0 Å². The topological polar surface area (TPSA) is 60.9 Å². The molecule has 0 radical (unpaired) electrons. The second kappa shape index (κ2) is 8.15. The molecule has 0 aromatic heterocycles. The molecule has 1 fully saturated rings. The van der Waals surface area contributed by atoms with Crippen LogP contribution in [0.1, 0.15) is 29.3 Å². The van der Waals surface area contributed by atoms with Crippen molar-refractivity contribution < 1.29 is 14.7 Å². The van der Waals surface area contributed by atoms with Gasteiger partial charge in [0.1, 0.15) is 0 Å². The third-order valence-electron chi connectivity index (χ3n) is 4.87.